The minimum absolute atomic E-state index is 0.0167. The summed E-state index contributed by atoms with van der Waals surface area (Å²) in [5, 5.41) is 24.2. The van der Waals surface area contributed by atoms with Crippen LogP contribution in [0.15, 0.2) is 23.2 Å². The number of carboxylic acids is 1. The van der Waals surface area contributed by atoms with Gasteiger partial charge >= 0.3 is 11.7 Å². The molecule has 2 heterocycles. The second-order valence-electron chi connectivity index (χ2n) is 3.49. The lowest BCUT2D eigenvalue weighted by molar-refractivity contribution is -0.384. The average Bonchev–Trinajstić information content (AvgIpc) is 2.89. The Kier molecular flexibility index (Phi) is 3.66. The topological polar surface area (TPSA) is 118 Å². The van der Waals surface area contributed by atoms with Gasteiger partial charge in [-0.2, -0.15) is 0 Å². The Bertz CT molecular complexity index is 614. The molecule has 0 aliphatic heterocycles. The molecule has 2 rings (SSSR count). The molecule has 0 amide bonds. The SMILES string of the molecule is O=C(O)c1cnc(NCc2cscn2)c([N+](=O)[O-])c1. The highest BCUT2D eigenvalue weighted by molar-refractivity contribution is 7.07. The van der Waals surface area contributed by atoms with Gasteiger partial charge in [-0.25, -0.2) is 14.8 Å². The molecule has 9 heteroatoms. The van der Waals surface area contributed by atoms with E-state index in [0.717, 1.165) is 18.0 Å². The van der Waals surface area contributed by atoms with E-state index in [9.17, 15) is 14.9 Å². The smallest absolute Gasteiger partial charge is 0.337 e. The second-order valence-corrected chi connectivity index (χ2v) is 4.21. The number of thiazole rings is 1. The van der Waals surface area contributed by atoms with E-state index in [2.05, 4.69) is 15.3 Å². The predicted molar refractivity (Wildman–Crippen MR) is 67.3 cm³/mol. The molecule has 0 fully saturated rings. The van der Waals surface area contributed by atoms with Crippen LogP contribution < -0.4 is 5.32 Å². The van der Waals surface area contributed by atoms with E-state index >= 15 is 0 Å². The van der Waals surface area contributed by atoms with Crippen LogP contribution in [-0.4, -0.2) is 26.0 Å². The van der Waals surface area contributed by atoms with Crippen LogP contribution in [0.1, 0.15) is 16.1 Å². The molecule has 2 N–H and O–H groups in total. The van der Waals surface area contributed by atoms with E-state index in [1.165, 1.54) is 11.3 Å². The van der Waals surface area contributed by atoms with E-state index < -0.39 is 10.9 Å². The zero-order valence-electron chi connectivity index (χ0n) is 9.44. The molecular weight excluding hydrogens is 272 g/mol. The van der Waals surface area contributed by atoms with Gasteiger partial charge in [0.2, 0.25) is 5.82 Å². The Morgan fingerprint density at radius 1 is 1.53 bits per heavy atom. The lowest BCUT2D eigenvalue weighted by Gasteiger charge is -2.05. The molecule has 2 aromatic heterocycles. The highest BCUT2D eigenvalue weighted by Crippen LogP contribution is 2.23. The fraction of sp³-hybridized carbons (Fsp3) is 0.100. The Balaban J connectivity index is 2.24. The molecule has 2 aromatic rings. The van der Waals surface area contributed by atoms with Crippen molar-refractivity contribution in [3.8, 4) is 0 Å². The first kappa shape index (κ1) is 12.9. The first-order valence-electron chi connectivity index (χ1n) is 5.06. The van der Waals surface area contributed by atoms with Crippen molar-refractivity contribution in [3.05, 3.63) is 44.5 Å². The first-order chi connectivity index (χ1) is 9.08. The maximum atomic E-state index is 10.9. The third kappa shape index (κ3) is 3.01. The zero-order chi connectivity index (χ0) is 13.8. The Morgan fingerprint density at radius 3 is 2.89 bits per heavy atom. The summed E-state index contributed by atoms with van der Waals surface area (Å²) in [6, 6.07) is 0.971. The fourth-order valence-corrected chi connectivity index (χ4v) is 1.90. The number of anilines is 1. The summed E-state index contributed by atoms with van der Waals surface area (Å²) in [5.74, 6) is -1.25. The number of carboxylic acid groups (broad SMARTS) is 1. The summed E-state index contributed by atoms with van der Waals surface area (Å²) in [6.07, 6.45) is 1.07. The van der Waals surface area contributed by atoms with E-state index in [1.807, 2.05) is 0 Å². The van der Waals surface area contributed by atoms with E-state index in [-0.39, 0.29) is 23.6 Å². The molecule has 0 bridgehead atoms. The number of aromatic carboxylic acids is 1. The van der Waals surface area contributed by atoms with Gasteiger partial charge in [0, 0.05) is 17.6 Å². The normalized spacial score (nSPS) is 10.1. The quantitative estimate of drug-likeness (QED) is 0.632. The highest BCUT2D eigenvalue weighted by atomic mass is 32.1. The largest absolute Gasteiger partial charge is 0.478 e. The van der Waals surface area contributed by atoms with Crippen LogP contribution in [0.2, 0.25) is 0 Å². The molecule has 0 aliphatic carbocycles. The molecule has 19 heavy (non-hydrogen) atoms. The summed E-state index contributed by atoms with van der Waals surface area (Å²) in [7, 11) is 0. The number of rotatable bonds is 5. The van der Waals surface area contributed by atoms with Gasteiger partial charge in [0.25, 0.3) is 0 Å². The number of hydrogen-bond acceptors (Lipinski definition) is 7. The number of hydrogen-bond donors (Lipinski definition) is 2. The van der Waals surface area contributed by atoms with Crippen molar-refractivity contribution in [2.45, 2.75) is 6.54 Å². The van der Waals surface area contributed by atoms with E-state index in [0.29, 0.717) is 0 Å². The minimum atomic E-state index is -1.26. The molecule has 8 nitrogen and oxygen atoms in total. The van der Waals surface area contributed by atoms with Crippen molar-refractivity contribution in [3.63, 3.8) is 0 Å². The maximum absolute atomic E-state index is 10.9. The molecule has 0 aliphatic rings. The van der Waals surface area contributed by atoms with Crippen molar-refractivity contribution < 1.29 is 14.8 Å². The molecule has 0 radical (unpaired) electrons. The van der Waals surface area contributed by atoms with E-state index in [4.69, 9.17) is 5.11 Å². The average molecular weight is 280 g/mol. The van der Waals surface area contributed by atoms with Gasteiger partial charge in [0.05, 0.1) is 28.2 Å². The Labute approximate surface area is 110 Å². The number of pyridine rings is 1. The third-order valence-electron chi connectivity index (χ3n) is 2.23. The van der Waals surface area contributed by atoms with Gasteiger partial charge in [0.1, 0.15) is 0 Å². The van der Waals surface area contributed by atoms with Crippen LogP contribution in [-0.2, 0) is 6.54 Å². The summed E-state index contributed by atoms with van der Waals surface area (Å²) in [5.41, 5.74) is 1.76. The van der Waals surface area contributed by atoms with Crippen LogP contribution >= 0.6 is 11.3 Å². The van der Waals surface area contributed by atoms with Gasteiger partial charge in [-0.15, -0.1) is 11.3 Å². The monoisotopic (exact) mass is 280 g/mol. The highest BCUT2D eigenvalue weighted by Gasteiger charge is 2.18. The van der Waals surface area contributed by atoms with Crippen molar-refractivity contribution in [2.75, 3.05) is 5.32 Å². The lowest BCUT2D eigenvalue weighted by Crippen LogP contribution is -2.07. The van der Waals surface area contributed by atoms with Gasteiger partial charge in [0.15, 0.2) is 0 Å². The van der Waals surface area contributed by atoms with Gasteiger partial charge in [-0.05, 0) is 0 Å². The van der Waals surface area contributed by atoms with Crippen LogP contribution in [0.4, 0.5) is 11.5 Å². The predicted octanol–water partition coefficient (Wildman–Crippen LogP) is 1.76. The second kappa shape index (κ2) is 5.40. The summed E-state index contributed by atoms with van der Waals surface area (Å²) in [4.78, 5) is 28.7. The lowest BCUT2D eigenvalue weighted by atomic mass is 10.2. The van der Waals surface area contributed by atoms with Crippen LogP contribution in [0.5, 0.6) is 0 Å². The Hall–Kier alpha value is -2.55. The number of nitrogens with zero attached hydrogens (tertiary/aromatic N) is 3. The molecule has 0 atom stereocenters. The number of aromatic nitrogens is 2. The number of nitrogens with one attached hydrogen (secondary N) is 1. The van der Waals surface area contributed by atoms with Crippen molar-refractivity contribution in [1.29, 1.82) is 0 Å². The molecule has 0 saturated carbocycles. The molecule has 0 unspecified atom stereocenters. The fourth-order valence-electron chi connectivity index (χ4n) is 1.34. The standard InChI is InChI=1S/C10H8N4O4S/c15-10(16)6-1-8(14(17)18)9(11-2-6)12-3-7-4-19-5-13-7/h1-2,4-5H,3H2,(H,11,12)(H,15,16). The molecule has 98 valence electrons. The zero-order valence-corrected chi connectivity index (χ0v) is 10.3. The molecule has 0 saturated heterocycles. The maximum Gasteiger partial charge on any atom is 0.337 e. The Morgan fingerprint density at radius 2 is 2.32 bits per heavy atom. The third-order valence-corrected chi connectivity index (χ3v) is 2.87. The van der Waals surface area contributed by atoms with Gasteiger partial charge in [-0.1, -0.05) is 0 Å². The van der Waals surface area contributed by atoms with Crippen LogP contribution in [0, 0.1) is 10.1 Å². The van der Waals surface area contributed by atoms with Gasteiger partial charge in [-0.3, -0.25) is 10.1 Å². The molecule has 0 aromatic carbocycles. The summed E-state index contributed by atoms with van der Waals surface area (Å²) < 4.78 is 0. The molecule has 0 spiro atoms. The van der Waals surface area contributed by atoms with Crippen molar-refractivity contribution in [2.24, 2.45) is 0 Å². The summed E-state index contributed by atoms with van der Waals surface area (Å²) >= 11 is 1.41. The van der Waals surface area contributed by atoms with Gasteiger partial charge < -0.3 is 10.4 Å². The number of carbonyl (C=O) groups is 1. The molecular formula is C10H8N4O4S. The van der Waals surface area contributed by atoms with Crippen molar-refractivity contribution >= 4 is 28.8 Å². The van der Waals surface area contributed by atoms with Crippen molar-refractivity contribution in [1.82, 2.24) is 9.97 Å². The minimum Gasteiger partial charge on any atom is -0.478 e. The van der Waals surface area contributed by atoms with Crippen LogP contribution in [0.3, 0.4) is 0 Å². The first-order valence-corrected chi connectivity index (χ1v) is 6.01. The number of nitro groups is 1. The van der Waals surface area contributed by atoms with E-state index in [1.54, 1.807) is 10.9 Å². The van der Waals surface area contributed by atoms with Crippen LogP contribution in [0.25, 0.3) is 0 Å². The summed E-state index contributed by atoms with van der Waals surface area (Å²) in [6.45, 7) is 0.282.